The minimum Gasteiger partial charge on any atom is -0.409 e. The molecule has 6 heteroatoms. The molecule has 0 rings (SSSR count). The molecule has 0 aromatic heterocycles. The van der Waals surface area contributed by atoms with E-state index in [0.717, 1.165) is 0 Å². The number of halogens is 2. The summed E-state index contributed by atoms with van der Waals surface area (Å²) in [5.74, 6) is -3.42. The van der Waals surface area contributed by atoms with Crippen LogP contribution in [0.3, 0.4) is 0 Å². The Labute approximate surface area is 81.0 Å². The minimum absolute atomic E-state index is 0.719. The normalized spacial score (nSPS) is 15.1. The minimum atomic E-state index is -1.41. The Balaban J connectivity index is 5.01. The second-order valence-electron chi connectivity index (χ2n) is 3.59. The largest absolute Gasteiger partial charge is 0.409 e. The van der Waals surface area contributed by atoms with Gasteiger partial charge in [0.2, 0.25) is 11.9 Å². The van der Waals surface area contributed by atoms with Crippen molar-refractivity contribution in [2.75, 3.05) is 13.7 Å². The zero-order chi connectivity index (χ0) is 11.4. The number of carbonyl (C=O) groups excluding carboxylic acids is 1. The van der Waals surface area contributed by atoms with E-state index in [1.807, 2.05) is 0 Å². The molecule has 0 aliphatic carbocycles. The predicted octanol–water partition coefficient (Wildman–Crippen LogP) is 1.10. The van der Waals surface area contributed by atoms with Crippen LogP contribution >= 0.6 is 0 Å². The van der Waals surface area contributed by atoms with Gasteiger partial charge in [-0.05, 0) is 0 Å². The number of nitrogens with one attached hydrogen (secondary N) is 1. The SMILES string of the molecule is CNC(=O)C(C(F)=NO)C(C)(C)CF. The lowest BCUT2D eigenvalue weighted by atomic mass is 9.79. The summed E-state index contributed by atoms with van der Waals surface area (Å²) >= 11 is 0. The Hall–Kier alpha value is -1.20. The van der Waals surface area contributed by atoms with E-state index in [4.69, 9.17) is 5.21 Å². The number of hydrogen-bond acceptors (Lipinski definition) is 3. The maximum atomic E-state index is 13.0. The molecule has 0 aromatic carbocycles. The summed E-state index contributed by atoms with van der Waals surface area (Å²) in [7, 11) is 1.30. The second kappa shape index (κ2) is 4.88. The maximum absolute atomic E-state index is 13.0. The highest BCUT2D eigenvalue weighted by atomic mass is 19.1. The first-order valence-corrected chi connectivity index (χ1v) is 4.05. The van der Waals surface area contributed by atoms with Crippen LogP contribution in [-0.2, 0) is 4.79 Å². The van der Waals surface area contributed by atoms with Crippen molar-refractivity contribution < 1.29 is 18.8 Å². The van der Waals surface area contributed by atoms with Crippen LogP contribution in [0.2, 0.25) is 0 Å². The molecule has 0 spiro atoms. The van der Waals surface area contributed by atoms with Crippen molar-refractivity contribution in [2.24, 2.45) is 16.5 Å². The van der Waals surface area contributed by atoms with Crippen molar-refractivity contribution in [3.63, 3.8) is 0 Å². The van der Waals surface area contributed by atoms with Crippen molar-refractivity contribution in [1.82, 2.24) is 5.32 Å². The molecule has 0 saturated heterocycles. The lowest BCUT2D eigenvalue weighted by Crippen LogP contribution is -2.42. The smallest absolute Gasteiger partial charge is 0.239 e. The number of rotatable bonds is 4. The number of carbonyl (C=O) groups is 1. The van der Waals surface area contributed by atoms with E-state index in [-0.39, 0.29) is 0 Å². The molecule has 82 valence electrons. The molecule has 0 aliphatic heterocycles. The predicted molar refractivity (Wildman–Crippen MR) is 47.6 cm³/mol. The summed E-state index contributed by atoms with van der Waals surface area (Å²) in [6.45, 7) is 1.85. The third kappa shape index (κ3) is 2.65. The average molecular weight is 208 g/mol. The molecule has 0 bridgehead atoms. The molecule has 0 fully saturated rings. The summed E-state index contributed by atoms with van der Waals surface area (Å²) in [6.07, 6.45) is 0. The highest BCUT2D eigenvalue weighted by Gasteiger charge is 2.40. The zero-order valence-corrected chi connectivity index (χ0v) is 8.34. The van der Waals surface area contributed by atoms with Crippen molar-refractivity contribution in [3.8, 4) is 0 Å². The molecule has 0 aliphatic rings. The number of oxime groups is 1. The van der Waals surface area contributed by atoms with Gasteiger partial charge >= 0.3 is 0 Å². The molecule has 0 saturated carbocycles. The van der Waals surface area contributed by atoms with Crippen LogP contribution in [-0.4, -0.2) is 30.8 Å². The van der Waals surface area contributed by atoms with Crippen molar-refractivity contribution in [3.05, 3.63) is 0 Å². The maximum Gasteiger partial charge on any atom is 0.239 e. The number of amides is 1. The van der Waals surface area contributed by atoms with Gasteiger partial charge in [-0.3, -0.25) is 9.18 Å². The fraction of sp³-hybridized carbons (Fsp3) is 0.750. The van der Waals surface area contributed by atoms with Gasteiger partial charge in [-0.1, -0.05) is 19.0 Å². The van der Waals surface area contributed by atoms with Gasteiger partial charge in [0.1, 0.15) is 5.92 Å². The van der Waals surface area contributed by atoms with Gasteiger partial charge < -0.3 is 10.5 Å². The molecule has 0 heterocycles. The summed E-state index contributed by atoms with van der Waals surface area (Å²) < 4.78 is 25.5. The lowest BCUT2D eigenvalue weighted by molar-refractivity contribution is -0.125. The summed E-state index contributed by atoms with van der Waals surface area (Å²) in [5.41, 5.74) is -1.24. The first-order valence-electron chi connectivity index (χ1n) is 4.05. The molecular formula is C8H14F2N2O2. The van der Waals surface area contributed by atoms with Crippen molar-refractivity contribution in [2.45, 2.75) is 13.8 Å². The number of alkyl halides is 1. The standard InChI is InChI=1S/C8H14F2N2O2/c1-8(2,4-9)5(6(10)12-14)7(13)11-3/h5,14H,4H2,1-3H3,(H,11,13). The molecule has 2 N–H and O–H groups in total. The van der Waals surface area contributed by atoms with Crippen LogP contribution in [0.1, 0.15) is 13.8 Å². The molecule has 1 atom stereocenters. The highest BCUT2D eigenvalue weighted by molar-refractivity contribution is 6.00. The Bertz CT molecular complexity index is 241. The van der Waals surface area contributed by atoms with Crippen molar-refractivity contribution >= 4 is 11.9 Å². The van der Waals surface area contributed by atoms with Crippen LogP contribution in [0, 0.1) is 11.3 Å². The van der Waals surface area contributed by atoms with E-state index in [0.29, 0.717) is 0 Å². The van der Waals surface area contributed by atoms with Gasteiger partial charge in [-0.25, -0.2) is 0 Å². The number of nitrogens with zero attached hydrogens (tertiary/aromatic N) is 1. The Morgan fingerprint density at radius 1 is 1.64 bits per heavy atom. The van der Waals surface area contributed by atoms with Gasteiger partial charge in [0.15, 0.2) is 0 Å². The molecular weight excluding hydrogens is 194 g/mol. The topological polar surface area (TPSA) is 61.7 Å². The second-order valence-corrected chi connectivity index (χ2v) is 3.59. The van der Waals surface area contributed by atoms with Crippen LogP contribution < -0.4 is 5.32 Å². The number of hydrogen-bond donors (Lipinski definition) is 2. The van der Waals surface area contributed by atoms with E-state index >= 15 is 0 Å². The van der Waals surface area contributed by atoms with Gasteiger partial charge in [-0.15, -0.1) is 0 Å². The third-order valence-corrected chi connectivity index (χ3v) is 1.97. The van der Waals surface area contributed by atoms with Gasteiger partial charge in [0.25, 0.3) is 0 Å². The van der Waals surface area contributed by atoms with E-state index in [9.17, 15) is 13.6 Å². The molecule has 14 heavy (non-hydrogen) atoms. The fourth-order valence-electron chi connectivity index (χ4n) is 1.06. The van der Waals surface area contributed by atoms with Gasteiger partial charge in [0.05, 0.1) is 6.67 Å². The van der Waals surface area contributed by atoms with Gasteiger partial charge in [-0.2, -0.15) is 4.39 Å². The molecule has 1 amide bonds. The van der Waals surface area contributed by atoms with Gasteiger partial charge in [0, 0.05) is 12.5 Å². The quantitative estimate of drug-likeness (QED) is 0.413. The van der Waals surface area contributed by atoms with E-state index < -0.39 is 29.9 Å². The Morgan fingerprint density at radius 2 is 2.14 bits per heavy atom. The van der Waals surface area contributed by atoms with E-state index in [1.165, 1.54) is 20.9 Å². The van der Waals surface area contributed by atoms with Crippen molar-refractivity contribution in [1.29, 1.82) is 0 Å². The van der Waals surface area contributed by atoms with Crippen LogP contribution in [0.5, 0.6) is 0 Å². The first-order chi connectivity index (χ1) is 6.40. The summed E-state index contributed by atoms with van der Waals surface area (Å²) in [4.78, 5) is 11.2. The highest BCUT2D eigenvalue weighted by Crippen LogP contribution is 2.29. The van der Waals surface area contributed by atoms with Crippen LogP contribution in [0.15, 0.2) is 5.16 Å². The Morgan fingerprint density at radius 3 is 2.43 bits per heavy atom. The third-order valence-electron chi connectivity index (χ3n) is 1.97. The van der Waals surface area contributed by atoms with E-state index in [1.54, 1.807) is 0 Å². The molecule has 0 aromatic rings. The summed E-state index contributed by atoms with van der Waals surface area (Å²) in [6, 6.07) is 0. The van der Waals surface area contributed by atoms with Crippen LogP contribution in [0.25, 0.3) is 0 Å². The fourth-order valence-corrected chi connectivity index (χ4v) is 1.06. The molecule has 0 radical (unpaired) electrons. The first kappa shape index (κ1) is 12.8. The molecule has 1 unspecified atom stereocenters. The average Bonchev–Trinajstić information content (AvgIpc) is 2.17. The zero-order valence-electron chi connectivity index (χ0n) is 8.34. The van der Waals surface area contributed by atoms with Crippen LogP contribution in [0.4, 0.5) is 8.78 Å². The lowest BCUT2D eigenvalue weighted by Gasteiger charge is -2.27. The Kier molecular flexibility index (Phi) is 4.46. The summed E-state index contributed by atoms with van der Waals surface area (Å²) in [5, 5.41) is 12.7. The monoisotopic (exact) mass is 208 g/mol. The van der Waals surface area contributed by atoms with E-state index in [2.05, 4.69) is 10.5 Å². The molecule has 4 nitrogen and oxygen atoms in total.